The smallest absolute Gasteiger partial charge is 0.137 e. The van der Waals surface area contributed by atoms with Crippen LogP contribution in [0.3, 0.4) is 0 Å². The lowest BCUT2D eigenvalue weighted by Gasteiger charge is -2.14. The molecule has 0 saturated heterocycles. The van der Waals surface area contributed by atoms with Crippen molar-refractivity contribution >= 4 is 0 Å². The van der Waals surface area contributed by atoms with E-state index in [1.165, 1.54) is 0 Å². The van der Waals surface area contributed by atoms with Crippen molar-refractivity contribution in [2.24, 2.45) is 5.73 Å². The topological polar surface area (TPSA) is 48.1 Å². The fraction of sp³-hybridized carbons (Fsp3) is 0.214. The number of methoxy groups -OCH3 is 1. The van der Waals surface area contributed by atoms with Gasteiger partial charge < -0.3 is 10.5 Å². The molecule has 2 aromatic rings. The van der Waals surface area contributed by atoms with Gasteiger partial charge in [0.25, 0.3) is 0 Å². The lowest BCUT2D eigenvalue weighted by atomic mass is 9.98. The molecule has 1 aromatic carbocycles. The quantitative estimate of drug-likeness (QED) is 0.905. The van der Waals surface area contributed by atoms with E-state index in [4.69, 9.17) is 10.5 Å². The number of pyridine rings is 1. The molecule has 0 saturated carbocycles. The SMILES string of the molecule is COc1cncc(C(N)c2cccc(C)c2F)c1. The van der Waals surface area contributed by atoms with Gasteiger partial charge in [0.1, 0.15) is 11.6 Å². The van der Waals surface area contributed by atoms with E-state index in [-0.39, 0.29) is 5.82 Å². The molecule has 0 fully saturated rings. The minimum absolute atomic E-state index is 0.271. The normalized spacial score (nSPS) is 12.2. The Balaban J connectivity index is 2.41. The third-order valence-electron chi connectivity index (χ3n) is 2.89. The number of nitrogens with zero attached hydrogens (tertiary/aromatic N) is 1. The summed E-state index contributed by atoms with van der Waals surface area (Å²) < 4.78 is 19.1. The molecule has 2 rings (SSSR count). The molecule has 0 spiro atoms. The van der Waals surface area contributed by atoms with Crippen LogP contribution in [0.15, 0.2) is 36.7 Å². The summed E-state index contributed by atoms with van der Waals surface area (Å²) in [5.74, 6) is 0.337. The van der Waals surface area contributed by atoms with Crippen molar-refractivity contribution in [3.8, 4) is 5.75 Å². The van der Waals surface area contributed by atoms with Crippen LogP contribution in [0.2, 0.25) is 0 Å². The van der Waals surface area contributed by atoms with Crippen molar-refractivity contribution in [1.82, 2.24) is 4.98 Å². The van der Waals surface area contributed by atoms with Crippen molar-refractivity contribution < 1.29 is 9.13 Å². The zero-order valence-corrected chi connectivity index (χ0v) is 10.4. The van der Waals surface area contributed by atoms with Crippen LogP contribution < -0.4 is 10.5 Å². The highest BCUT2D eigenvalue weighted by atomic mass is 19.1. The van der Waals surface area contributed by atoms with Gasteiger partial charge in [0.05, 0.1) is 19.3 Å². The van der Waals surface area contributed by atoms with Gasteiger partial charge in [-0.2, -0.15) is 0 Å². The maximum atomic E-state index is 14.0. The number of hydrogen-bond donors (Lipinski definition) is 1. The zero-order valence-electron chi connectivity index (χ0n) is 10.4. The summed E-state index contributed by atoms with van der Waals surface area (Å²) in [6.07, 6.45) is 3.21. The van der Waals surface area contributed by atoms with Gasteiger partial charge in [-0.1, -0.05) is 18.2 Å². The van der Waals surface area contributed by atoms with Gasteiger partial charge in [-0.25, -0.2) is 4.39 Å². The summed E-state index contributed by atoms with van der Waals surface area (Å²) in [5, 5.41) is 0. The van der Waals surface area contributed by atoms with E-state index in [1.807, 2.05) is 0 Å². The van der Waals surface area contributed by atoms with Crippen molar-refractivity contribution in [1.29, 1.82) is 0 Å². The van der Waals surface area contributed by atoms with E-state index in [1.54, 1.807) is 50.7 Å². The van der Waals surface area contributed by atoms with Crippen LogP contribution >= 0.6 is 0 Å². The summed E-state index contributed by atoms with van der Waals surface area (Å²) in [5.41, 5.74) is 7.84. The molecule has 0 bridgehead atoms. The average molecular weight is 246 g/mol. The van der Waals surface area contributed by atoms with Gasteiger partial charge in [0, 0.05) is 11.8 Å². The summed E-state index contributed by atoms with van der Waals surface area (Å²) >= 11 is 0. The lowest BCUT2D eigenvalue weighted by molar-refractivity contribution is 0.412. The Kier molecular flexibility index (Phi) is 3.58. The molecule has 0 radical (unpaired) electrons. The largest absolute Gasteiger partial charge is 0.495 e. The molecule has 2 N–H and O–H groups in total. The van der Waals surface area contributed by atoms with Crippen LogP contribution in [0.25, 0.3) is 0 Å². The molecule has 1 heterocycles. The fourth-order valence-electron chi connectivity index (χ4n) is 1.81. The molecule has 4 heteroatoms. The maximum absolute atomic E-state index is 14.0. The lowest BCUT2D eigenvalue weighted by Crippen LogP contribution is -2.14. The number of nitrogens with two attached hydrogens (primary N) is 1. The van der Waals surface area contributed by atoms with Crippen LogP contribution in [0.5, 0.6) is 5.75 Å². The molecule has 94 valence electrons. The number of aryl methyl sites for hydroxylation is 1. The predicted molar refractivity (Wildman–Crippen MR) is 68.0 cm³/mol. The van der Waals surface area contributed by atoms with Crippen LogP contribution in [-0.4, -0.2) is 12.1 Å². The van der Waals surface area contributed by atoms with E-state index < -0.39 is 6.04 Å². The number of ether oxygens (including phenoxy) is 1. The first-order valence-electron chi connectivity index (χ1n) is 5.63. The van der Waals surface area contributed by atoms with Crippen molar-refractivity contribution in [3.63, 3.8) is 0 Å². The standard InChI is InChI=1S/C14H15FN2O/c1-9-4-3-5-12(13(9)15)14(16)10-6-11(18-2)8-17-7-10/h3-8,14H,16H2,1-2H3. The molecule has 0 aliphatic carbocycles. The molecule has 0 aliphatic rings. The monoisotopic (exact) mass is 246 g/mol. The molecule has 1 unspecified atom stereocenters. The molecule has 1 atom stereocenters. The van der Waals surface area contributed by atoms with Gasteiger partial charge in [0.15, 0.2) is 0 Å². The van der Waals surface area contributed by atoms with Gasteiger partial charge in [0.2, 0.25) is 0 Å². The highest BCUT2D eigenvalue weighted by Crippen LogP contribution is 2.25. The van der Waals surface area contributed by atoms with E-state index in [0.29, 0.717) is 16.9 Å². The second-order valence-corrected chi connectivity index (χ2v) is 4.11. The second-order valence-electron chi connectivity index (χ2n) is 4.11. The number of benzene rings is 1. The second kappa shape index (κ2) is 5.14. The highest BCUT2D eigenvalue weighted by Gasteiger charge is 2.15. The minimum Gasteiger partial charge on any atom is -0.495 e. The first-order chi connectivity index (χ1) is 8.63. The highest BCUT2D eigenvalue weighted by molar-refractivity contribution is 5.36. The summed E-state index contributed by atoms with van der Waals surface area (Å²) in [7, 11) is 1.56. The first-order valence-corrected chi connectivity index (χ1v) is 5.63. The van der Waals surface area contributed by atoms with E-state index in [9.17, 15) is 4.39 Å². The third-order valence-corrected chi connectivity index (χ3v) is 2.89. The molecule has 18 heavy (non-hydrogen) atoms. The van der Waals surface area contributed by atoms with Crippen LogP contribution in [0.4, 0.5) is 4.39 Å². The third kappa shape index (κ3) is 2.33. The number of aromatic nitrogens is 1. The van der Waals surface area contributed by atoms with Crippen LogP contribution in [0.1, 0.15) is 22.7 Å². The Morgan fingerprint density at radius 3 is 2.83 bits per heavy atom. The summed E-state index contributed by atoms with van der Waals surface area (Å²) in [4.78, 5) is 4.03. The fourth-order valence-corrected chi connectivity index (χ4v) is 1.81. The molecule has 0 aliphatic heterocycles. The molecule has 1 aromatic heterocycles. The maximum Gasteiger partial charge on any atom is 0.137 e. The van der Waals surface area contributed by atoms with Crippen molar-refractivity contribution in [2.45, 2.75) is 13.0 Å². The molecule has 0 amide bonds. The van der Waals surface area contributed by atoms with Crippen molar-refractivity contribution in [3.05, 3.63) is 59.2 Å². The Bertz CT molecular complexity index is 557. The average Bonchev–Trinajstić information content (AvgIpc) is 2.41. The Morgan fingerprint density at radius 1 is 1.33 bits per heavy atom. The number of halogens is 1. The van der Waals surface area contributed by atoms with Crippen LogP contribution in [0, 0.1) is 12.7 Å². The Labute approximate surface area is 105 Å². The first kappa shape index (κ1) is 12.5. The number of hydrogen-bond acceptors (Lipinski definition) is 3. The molecular weight excluding hydrogens is 231 g/mol. The van der Waals surface area contributed by atoms with Gasteiger partial charge >= 0.3 is 0 Å². The minimum atomic E-state index is -0.549. The van der Waals surface area contributed by atoms with E-state index in [2.05, 4.69) is 4.98 Å². The molecule has 3 nitrogen and oxygen atoms in total. The van der Waals surface area contributed by atoms with E-state index in [0.717, 1.165) is 5.56 Å². The Hall–Kier alpha value is -1.94. The van der Waals surface area contributed by atoms with Crippen LogP contribution in [-0.2, 0) is 0 Å². The van der Waals surface area contributed by atoms with Gasteiger partial charge in [-0.15, -0.1) is 0 Å². The number of rotatable bonds is 3. The predicted octanol–water partition coefficient (Wildman–Crippen LogP) is 2.59. The summed E-state index contributed by atoms with van der Waals surface area (Å²) in [6, 6.07) is 6.41. The van der Waals surface area contributed by atoms with E-state index >= 15 is 0 Å². The zero-order chi connectivity index (χ0) is 13.1. The van der Waals surface area contributed by atoms with Crippen molar-refractivity contribution in [2.75, 3.05) is 7.11 Å². The Morgan fingerprint density at radius 2 is 2.11 bits per heavy atom. The summed E-state index contributed by atoms with van der Waals surface area (Å²) in [6.45, 7) is 1.72. The van der Waals surface area contributed by atoms with Gasteiger partial charge in [-0.3, -0.25) is 4.98 Å². The molecular formula is C14H15FN2O. The van der Waals surface area contributed by atoms with Gasteiger partial charge in [-0.05, 0) is 24.1 Å².